The van der Waals surface area contributed by atoms with Gasteiger partial charge in [0.25, 0.3) is 0 Å². The number of ether oxygens (including phenoxy) is 1. The van der Waals surface area contributed by atoms with Crippen molar-refractivity contribution in [1.29, 1.82) is 0 Å². The van der Waals surface area contributed by atoms with Gasteiger partial charge in [-0.05, 0) is 49.4 Å². The van der Waals surface area contributed by atoms with Crippen LogP contribution in [-0.4, -0.2) is 30.4 Å². The van der Waals surface area contributed by atoms with E-state index in [1.54, 1.807) is 0 Å². The summed E-state index contributed by atoms with van der Waals surface area (Å²) in [5.74, 6) is 0.935. The zero-order valence-corrected chi connectivity index (χ0v) is 14.2. The molecule has 0 saturated carbocycles. The first kappa shape index (κ1) is 18.0. The van der Waals surface area contributed by atoms with E-state index < -0.39 is 6.10 Å². The first-order chi connectivity index (χ1) is 9.93. The molecule has 0 fully saturated rings. The van der Waals surface area contributed by atoms with Crippen LogP contribution in [0.3, 0.4) is 0 Å². The van der Waals surface area contributed by atoms with Crippen LogP contribution in [-0.2, 0) is 6.42 Å². The Morgan fingerprint density at radius 3 is 2.57 bits per heavy atom. The highest BCUT2D eigenvalue weighted by Gasteiger charge is 2.11. The number of rotatable bonds is 9. The van der Waals surface area contributed by atoms with Gasteiger partial charge in [0.15, 0.2) is 0 Å². The Hall–Kier alpha value is -1.06. The Morgan fingerprint density at radius 2 is 1.95 bits per heavy atom. The van der Waals surface area contributed by atoms with Gasteiger partial charge in [-0.15, -0.1) is 0 Å². The van der Waals surface area contributed by atoms with E-state index in [1.165, 1.54) is 23.1 Å². The fourth-order valence-corrected chi connectivity index (χ4v) is 2.38. The molecule has 3 nitrogen and oxygen atoms in total. The number of aliphatic hydroxyl groups is 1. The van der Waals surface area contributed by atoms with E-state index in [4.69, 9.17) is 4.74 Å². The summed E-state index contributed by atoms with van der Waals surface area (Å²) in [7, 11) is 0. The molecule has 0 aromatic heterocycles. The molecule has 1 aromatic rings. The first-order valence-electron chi connectivity index (χ1n) is 8.08. The van der Waals surface area contributed by atoms with Gasteiger partial charge in [-0.3, -0.25) is 0 Å². The lowest BCUT2D eigenvalue weighted by molar-refractivity contribution is 0.104. The van der Waals surface area contributed by atoms with Gasteiger partial charge in [0.1, 0.15) is 18.5 Å². The number of hydrogen-bond acceptors (Lipinski definition) is 3. The Bertz CT molecular complexity index is 429. The first-order valence-corrected chi connectivity index (χ1v) is 8.08. The molecule has 1 aromatic carbocycles. The molecule has 0 aliphatic carbocycles. The summed E-state index contributed by atoms with van der Waals surface area (Å²) in [5.41, 5.74) is 3.78. The molecule has 0 spiro atoms. The number of aryl methyl sites for hydroxylation is 2. The molecule has 120 valence electrons. The number of benzene rings is 1. The van der Waals surface area contributed by atoms with Crippen LogP contribution in [0.15, 0.2) is 12.1 Å². The third-order valence-corrected chi connectivity index (χ3v) is 3.55. The molecule has 0 bridgehead atoms. The van der Waals surface area contributed by atoms with Crippen LogP contribution in [0.1, 0.15) is 50.3 Å². The van der Waals surface area contributed by atoms with Crippen LogP contribution in [0.25, 0.3) is 0 Å². The van der Waals surface area contributed by atoms with Crippen molar-refractivity contribution in [2.45, 2.75) is 66.0 Å². The highest BCUT2D eigenvalue weighted by Crippen LogP contribution is 2.26. The van der Waals surface area contributed by atoms with Crippen molar-refractivity contribution < 1.29 is 9.84 Å². The lowest BCUT2D eigenvalue weighted by Crippen LogP contribution is -2.35. The van der Waals surface area contributed by atoms with Gasteiger partial charge in [0.2, 0.25) is 0 Å². The molecule has 21 heavy (non-hydrogen) atoms. The van der Waals surface area contributed by atoms with Gasteiger partial charge in [0, 0.05) is 12.6 Å². The maximum absolute atomic E-state index is 9.98. The maximum Gasteiger partial charge on any atom is 0.123 e. The number of aliphatic hydroxyl groups excluding tert-OH is 1. The summed E-state index contributed by atoms with van der Waals surface area (Å²) in [6, 6.07) is 4.66. The second kappa shape index (κ2) is 9.06. The van der Waals surface area contributed by atoms with Crippen LogP contribution in [0, 0.1) is 13.8 Å². The Kier molecular flexibility index (Phi) is 7.76. The van der Waals surface area contributed by atoms with Crippen LogP contribution in [0.2, 0.25) is 0 Å². The predicted molar refractivity (Wildman–Crippen MR) is 89.2 cm³/mol. The van der Waals surface area contributed by atoms with Crippen molar-refractivity contribution in [2.24, 2.45) is 0 Å². The van der Waals surface area contributed by atoms with Crippen molar-refractivity contribution in [1.82, 2.24) is 5.32 Å². The van der Waals surface area contributed by atoms with E-state index in [1.807, 2.05) is 0 Å². The third kappa shape index (κ3) is 6.49. The summed E-state index contributed by atoms with van der Waals surface area (Å²) in [6.45, 7) is 11.5. The maximum atomic E-state index is 9.98. The van der Waals surface area contributed by atoms with Crippen LogP contribution in [0.4, 0.5) is 0 Å². The average Bonchev–Trinajstić information content (AvgIpc) is 2.41. The Labute approximate surface area is 129 Å². The second-order valence-electron chi connectivity index (χ2n) is 6.19. The van der Waals surface area contributed by atoms with Crippen molar-refractivity contribution in [2.75, 3.05) is 13.2 Å². The van der Waals surface area contributed by atoms with Crippen molar-refractivity contribution in [3.63, 3.8) is 0 Å². The van der Waals surface area contributed by atoms with E-state index in [-0.39, 0.29) is 0 Å². The lowest BCUT2D eigenvalue weighted by atomic mass is 9.99. The van der Waals surface area contributed by atoms with Gasteiger partial charge < -0.3 is 15.2 Å². The van der Waals surface area contributed by atoms with Crippen LogP contribution in [0.5, 0.6) is 5.75 Å². The molecule has 0 radical (unpaired) electrons. The predicted octanol–water partition coefficient (Wildman–Crippen LogP) is 3.38. The normalized spacial score (nSPS) is 12.7. The van der Waals surface area contributed by atoms with Crippen molar-refractivity contribution >= 4 is 0 Å². The highest BCUT2D eigenvalue weighted by atomic mass is 16.5. The zero-order valence-electron chi connectivity index (χ0n) is 14.2. The fourth-order valence-electron chi connectivity index (χ4n) is 2.38. The molecule has 0 amide bonds. The molecule has 2 N–H and O–H groups in total. The minimum atomic E-state index is -0.479. The standard InChI is InChI=1S/C18H31NO2/c1-6-7-8-17-15(5)9-14(4)10-18(17)21-12-16(20)11-19-13(2)3/h9-10,13,16,19-20H,6-8,11-12H2,1-5H3/t16-/m1/s1. The fraction of sp³-hybridized carbons (Fsp3) is 0.667. The van der Waals surface area contributed by atoms with Crippen LogP contribution >= 0.6 is 0 Å². The minimum Gasteiger partial charge on any atom is -0.491 e. The monoisotopic (exact) mass is 293 g/mol. The topological polar surface area (TPSA) is 41.5 Å². The SMILES string of the molecule is CCCCc1c(C)cc(C)cc1OC[C@H](O)CNC(C)C. The average molecular weight is 293 g/mol. The summed E-state index contributed by atoms with van der Waals surface area (Å²) in [6.07, 6.45) is 2.90. The number of nitrogens with one attached hydrogen (secondary N) is 1. The molecule has 0 aliphatic rings. The summed E-state index contributed by atoms with van der Waals surface area (Å²) in [4.78, 5) is 0. The van der Waals surface area contributed by atoms with Gasteiger partial charge >= 0.3 is 0 Å². The minimum absolute atomic E-state index is 0.335. The molecular formula is C18H31NO2. The molecule has 0 saturated heterocycles. The molecule has 3 heteroatoms. The largest absolute Gasteiger partial charge is 0.491 e. The van der Waals surface area contributed by atoms with Gasteiger partial charge in [0.05, 0.1) is 0 Å². The van der Waals surface area contributed by atoms with Crippen LogP contribution < -0.4 is 10.1 Å². The molecule has 1 rings (SSSR count). The Morgan fingerprint density at radius 1 is 1.24 bits per heavy atom. The zero-order chi connectivity index (χ0) is 15.8. The van der Waals surface area contributed by atoms with E-state index in [0.29, 0.717) is 19.2 Å². The molecule has 0 aliphatic heterocycles. The van der Waals surface area contributed by atoms with Gasteiger partial charge in [-0.2, -0.15) is 0 Å². The van der Waals surface area contributed by atoms with Gasteiger partial charge in [-0.25, -0.2) is 0 Å². The van der Waals surface area contributed by atoms with Crippen molar-refractivity contribution in [3.05, 3.63) is 28.8 Å². The van der Waals surface area contributed by atoms with E-state index >= 15 is 0 Å². The quantitative estimate of drug-likeness (QED) is 0.733. The Balaban J connectivity index is 2.67. The van der Waals surface area contributed by atoms with E-state index in [9.17, 15) is 5.11 Å². The molecule has 0 heterocycles. The van der Waals surface area contributed by atoms with E-state index in [0.717, 1.165) is 18.6 Å². The summed E-state index contributed by atoms with van der Waals surface area (Å²) >= 11 is 0. The number of unbranched alkanes of at least 4 members (excludes halogenated alkanes) is 1. The second-order valence-corrected chi connectivity index (χ2v) is 6.19. The number of hydrogen-bond donors (Lipinski definition) is 2. The summed E-state index contributed by atoms with van der Waals surface area (Å²) in [5, 5.41) is 13.2. The summed E-state index contributed by atoms with van der Waals surface area (Å²) < 4.78 is 5.90. The smallest absolute Gasteiger partial charge is 0.123 e. The lowest BCUT2D eigenvalue weighted by Gasteiger charge is -2.18. The molecule has 0 unspecified atom stereocenters. The highest BCUT2D eigenvalue weighted by molar-refractivity contribution is 5.43. The third-order valence-electron chi connectivity index (χ3n) is 3.55. The van der Waals surface area contributed by atoms with Gasteiger partial charge in [-0.1, -0.05) is 33.3 Å². The molecule has 1 atom stereocenters. The van der Waals surface area contributed by atoms with Crippen molar-refractivity contribution in [3.8, 4) is 5.75 Å². The molecular weight excluding hydrogens is 262 g/mol. The van der Waals surface area contributed by atoms with E-state index in [2.05, 4.69) is 52.1 Å².